The number of ether oxygens (including phenoxy) is 1. The number of thioether (sulfide) groups is 1. The monoisotopic (exact) mass is 397 g/mol. The van der Waals surface area contributed by atoms with Crippen LogP contribution in [0.3, 0.4) is 0 Å². The molecule has 0 spiro atoms. The van der Waals surface area contributed by atoms with E-state index in [1.807, 2.05) is 18.4 Å². The molecule has 2 aromatic rings. The lowest BCUT2D eigenvalue weighted by molar-refractivity contribution is -0.113. The van der Waals surface area contributed by atoms with Crippen molar-refractivity contribution in [3.8, 4) is 0 Å². The normalized spacial score (nSPS) is 11.5. The molecule has 0 saturated carbocycles. The van der Waals surface area contributed by atoms with Gasteiger partial charge in [0.15, 0.2) is 15.0 Å². The van der Waals surface area contributed by atoms with Crippen LogP contribution in [0, 0.1) is 13.8 Å². The van der Waals surface area contributed by atoms with E-state index in [1.54, 1.807) is 19.2 Å². The minimum atomic E-state index is -3.25. The zero-order valence-electron chi connectivity index (χ0n) is 15.3. The van der Waals surface area contributed by atoms with Crippen LogP contribution >= 0.6 is 11.8 Å². The number of hydrogen-bond donors (Lipinski definition) is 1. The Balaban J connectivity index is 1.98. The van der Waals surface area contributed by atoms with Gasteiger partial charge < -0.3 is 14.6 Å². The first-order chi connectivity index (χ1) is 12.2. The van der Waals surface area contributed by atoms with Crippen molar-refractivity contribution in [3.63, 3.8) is 0 Å². The van der Waals surface area contributed by atoms with Gasteiger partial charge in [0.25, 0.3) is 0 Å². The molecular weight excluding hydrogens is 374 g/mol. The van der Waals surface area contributed by atoms with Crippen molar-refractivity contribution < 1.29 is 17.9 Å². The predicted molar refractivity (Wildman–Crippen MR) is 102 cm³/mol. The predicted octanol–water partition coefficient (Wildman–Crippen LogP) is 2.28. The van der Waals surface area contributed by atoms with Crippen LogP contribution in [0.2, 0.25) is 0 Å². The molecule has 0 aliphatic carbocycles. The fourth-order valence-electron chi connectivity index (χ4n) is 2.29. The largest absolute Gasteiger partial charge is 0.383 e. The molecule has 0 atom stereocenters. The number of methoxy groups -OCH3 is 1. The molecule has 0 aliphatic heterocycles. The molecule has 26 heavy (non-hydrogen) atoms. The maximum atomic E-state index is 12.2. The molecule has 7 nitrogen and oxygen atoms in total. The van der Waals surface area contributed by atoms with E-state index in [9.17, 15) is 13.2 Å². The molecular formula is C17H23N3O4S2. The highest BCUT2D eigenvalue weighted by Gasteiger charge is 2.13. The van der Waals surface area contributed by atoms with E-state index in [1.165, 1.54) is 23.9 Å². The first kappa shape index (κ1) is 20.5. The van der Waals surface area contributed by atoms with Crippen LogP contribution in [-0.2, 0) is 25.9 Å². The van der Waals surface area contributed by atoms with Crippen molar-refractivity contribution in [3.05, 3.63) is 35.7 Å². The maximum Gasteiger partial charge on any atom is 0.234 e. The fourth-order valence-corrected chi connectivity index (χ4v) is 3.84. The highest BCUT2D eigenvalue weighted by Crippen LogP contribution is 2.21. The fraction of sp³-hybridized carbons (Fsp3) is 0.412. The second-order valence-corrected chi connectivity index (χ2v) is 8.80. The van der Waals surface area contributed by atoms with Crippen molar-refractivity contribution in [2.45, 2.75) is 30.4 Å². The lowest BCUT2D eigenvalue weighted by Gasteiger charge is -2.09. The Bertz CT molecular complexity index is 874. The number of aryl methyl sites for hydroxylation is 1. The van der Waals surface area contributed by atoms with Crippen LogP contribution in [0.5, 0.6) is 0 Å². The van der Waals surface area contributed by atoms with Crippen LogP contribution in [0.4, 0.5) is 5.69 Å². The Labute approximate surface area is 158 Å². The number of nitrogens with one attached hydrogen (secondary N) is 1. The Kier molecular flexibility index (Phi) is 6.85. The summed E-state index contributed by atoms with van der Waals surface area (Å²) in [7, 11) is -1.60. The van der Waals surface area contributed by atoms with E-state index >= 15 is 0 Å². The van der Waals surface area contributed by atoms with Gasteiger partial charge in [-0.15, -0.1) is 0 Å². The average molecular weight is 398 g/mol. The standard InChI is InChI=1S/C17H23N3O4S2/c1-12-13(2)20(9-10-24-3)17(18-12)25-11-16(21)19-14-5-7-15(8-6-14)26(4,22)23/h5-8H,9-11H2,1-4H3,(H,19,21). The summed E-state index contributed by atoms with van der Waals surface area (Å²) in [4.78, 5) is 16.9. The molecule has 9 heteroatoms. The number of hydrogen-bond acceptors (Lipinski definition) is 6. The van der Waals surface area contributed by atoms with Gasteiger partial charge in [0.05, 0.1) is 22.9 Å². The number of aromatic nitrogens is 2. The van der Waals surface area contributed by atoms with E-state index in [4.69, 9.17) is 4.74 Å². The molecule has 0 saturated heterocycles. The third-order valence-corrected chi connectivity index (χ3v) is 5.95. The third-order valence-electron chi connectivity index (χ3n) is 3.84. The minimum Gasteiger partial charge on any atom is -0.383 e. The van der Waals surface area contributed by atoms with Crippen molar-refractivity contribution in [2.75, 3.05) is 31.0 Å². The number of nitrogens with zero attached hydrogens (tertiary/aromatic N) is 2. The van der Waals surface area contributed by atoms with Gasteiger partial charge in [-0.3, -0.25) is 4.79 Å². The van der Waals surface area contributed by atoms with E-state index < -0.39 is 9.84 Å². The molecule has 2 rings (SSSR count). The van der Waals surface area contributed by atoms with Crippen molar-refractivity contribution in [1.82, 2.24) is 9.55 Å². The minimum absolute atomic E-state index is 0.182. The summed E-state index contributed by atoms with van der Waals surface area (Å²) in [5.41, 5.74) is 2.54. The second kappa shape index (κ2) is 8.70. The maximum absolute atomic E-state index is 12.2. The van der Waals surface area contributed by atoms with Crippen LogP contribution < -0.4 is 5.32 Å². The molecule has 142 valence electrons. The molecule has 1 aromatic heterocycles. The number of carbonyl (C=O) groups excluding carboxylic acids is 1. The van der Waals surface area contributed by atoms with E-state index in [-0.39, 0.29) is 16.6 Å². The molecule has 1 aromatic carbocycles. The highest BCUT2D eigenvalue weighted by molar-refractivity contribution is 7.99. The Hall–Kier alpha value is -1.84. The van der Waals surface area contributed by atoms with Crippen molar-refractivity contribution >= 4 is 33.2 Å². The SMILES string of the molecule is COCCn1c(SCC(=O)Nc2ccc(S(C)(=O)=O)cc2)nc(C)c1C. The summed E-state index contributed by atoms with van der Waals surface area (Å²) in [5.74, 6) is 0.0233. The molecule has 1 N–H and O–H groups in total. The average Bonchev–Trinajstić information content (AvgIpc) is 2.85. The van der Waals surface area contributed by atoms with E-state index in [0.29, 0.717) is 18.8 Å². The topological polar surface area (TPSA) is 90.3 Å². The van der Waals surface area contributed by atoms with Crippen LogP contribution in [0.25, 0.3) is 0 Å². The van der Waals surface area contributed by atoms with Crippen LogP contribution in [0.15, 0.2) is 34.3 Å². The number of imidazole rings is 1. The smallest absolute Gasteiger partial charge is 0.234 e. The molecule has 1 amide bonds. The molecule has 0 aliphatic rings. The third kappa shape index (κ3) is 5.33. The summed E-state index contributed by atoms with van der Waals surface area (Å²) in [5, 5.41) is 3.54. The van der Waals surface area contributed by atoms with Gasteiger partial charge in [-0.25, -0.2) is 13.4 Å². The van der Waals surface area contributed by atoms with E-state index in [2.05, 4.69) is 10.3 Å². The van der Waals surface area contributed by atoms with Gasteiger partial charge in [0, 0.05) is 31.3 Å². The Morgan fingerprint density at radius 3 is 2.50 bits per heavy atom. The number of anilines is 1. The Morgan fingerprint density at radius 1 is 1.27 bits per heavy atom. The molecule has 0 unspecified atom stereocenters. The zero-order chi connectivity index (χ0) is 19.3. The quantitative estimate of drug-likeness (QED) is 0.687. The second-order valence-electron chi connectivity index (χ2n) is 5.84. The summed E-state index contributed by atoms with van der Waals surface area (Å²) < 4.78 is 30.1. The molecule has 0 radical (unpaired) electrons. The lowest BCUT2D eigenvalue weighted by Crippen LogP contribution is -2.15. The Morgan fingerprint density at radius 2 is 1.92 bits per heavy atom. The summed E-state index contributed by atoms with van der Waals surface area (Å²) in [6.07, 6.45) is 1.15. The van der Waals surface area contributed by atoms with E-state index in [0.717, 1.165) is 22.8 Å². The van der Waals surface area contributed by atoms with Gasteiger partial charge in [-0.05, 0) is 38.1 Å². The lowest BCUT2D eigenvalue weighted by atomic mass is 10.3. The molecule has 0 fully saturated rings. The number of benzene rings is 1. The van der Waals surface area contributed by atoms with Crippen LogP contribution in [0.1, 0.15) is 11.4 Å². The van der Waals surface area contributed by atoms with Gasteiger partial charge in [0.2, 0.25) is 5.91 Å². The van der Waals surface area contributed by atoms with Gasteiger partial charge >= 0.3 is 0 Å². The first-order valence-electron chi connectivity index (χ1n) is 7.98. The van der Waals surface area contributed by atoms with Gasteiger partial charge in [-0.2, -0.15) is 0 Å². The number of rotatable bonds is 8. The summed E-state index contributed by atoms with van der Waals surface area (Å²) in [6.45, 7) is 5.18. The van der Waals surface area contributed by atoms with Gasteiger partial charge in [0.1, 0.15) is 0 Å². The molecule has 1 heterocycles. The number of carbonyl (C=O) groups is 1. The summed E-state index contributed by atoms with van der Waals surface area (Å²) >= 11 is 1.36. The van der Waals surface area contributed by atoms with Crippen molar-refractivity contribution in [1.29, 1.82) is 0 Å². The number of sulfone groups is 1. The number of amides is 1. The van der Waals surface area contributed by atoms with Crippen LogP contribution in [-0.4, -0.2) is 49.6 Å². The van der Waals surface area contributed by atoms with Gasteiger partial charge in [-0.1, -0.05) is 11.8 Å². The highest BCUT2D eigenvalue weighted by atomic mass is 32.2. The first-order valence-corrected chi connectivity index (χ1v) is 10.9. The zero-order valence-corrected chi connectivity index (χ0v) is 16.9. The summed E-state index contributed by atoms with van der Waals surface area (Å²) in [6, 6.07) is 6.10. The molecule has 0 bridgehead atoms. The van der Waals surface area contributed by atoms with Crippen molar-refractivity contribution in [2.24, 2.45) is 0 Å².